The number of hydrogen-bond donors (Lipinski definition) is 3. The van der Waals surface area contributed by atoms with Crippen molar-refractivity contribution >= 4 is 28.4 Å². The van der Waals surface area contributed by atoms with Gasteiger partial charge in [0, 0.05) is 18.9 Å². The van der Waals surface area contributed by atoms with Crippen molar-refractivity contribution in [3.8, 4) is 0 Å². The first-order valence-corrected chi connectivity index (χ1v) is 7.92. The van der Waals surface area contributed by atoms with Crippen LogP contribution >= 0.6 is 0 Å². The molecule has 1 heterocycles. The van der Waals surface area contributed by atoms with Crippen LogP contribution in [0.15, 0.2) is 30.5 Å². The summed E-state index contributed by atoms with van der Waals surface area (Å²) in [5, 5.41) is 6.56. The van der Waals surface area contributed by atoms with Crippen LogP contribution in [0.5, 0.6) is 0 Å². The van der Waals surface area contributed by atoms with E-state index in [2.05, 4.69) is 10.6 Å². The van der Waals surface area contributed by atoms with Crippen molar-refractivity contribution in [1.29, 1.82) is 0 Å². The van der Waals surface area contributed by atoms with Crippen molar-refractivity contribution in [2.75, 3.05) is 12.4 Å². The molecule has 6 nitrogen and oxygen atoms in total. The number of nitrogens with zero attached hydrogens (tertiary/aromatic N) is 1. The number of nitrogens with one attached hydrogen (secondary N) is 2. The molecule has 1 fully saturated rings. The number of amides is 2. The quantitative estimate of drug-likeness (QED) is 0.801. The topological polar surface area (TPSA) is 89.2 Å². The number of anilines is 1. The molecule has 3 rings (SSSR count). The van der Waals surface area contributed by atoms with Gasteiger partial charge in [0.05, 0.1) is 11.1 Å². The van der Waals surface area contributed by atoms with Gasteiger partial charge in [-0.1, -0.05) is 18.9 Å². The summed E-state index contributed by atoms with van der Waals surface area (Å²) in [5.74, 6) is -0.192. The number of rotatable bonds is 4. The molecular weight excluding hydrogens is 292 g/mol. The molecule has 0 aliphatic heterocycles. The Kier molecular flexibility index (Phi) is 4.09. The zero-order chi connectivity index (χ0) is 16.4. The van der Waals surface area contributed by atoms with Crippen LogP contribution in [-0.2, 0) is 16.1 Å². The summed E-state index contributed by atoms with van der Waals surface area (Å²) >= 11 is 0. The van der Waals surface area contributed by atoms with Crippen LogP contribution in [0.2, 0.25) is 0 Å². The van der Waals surface area contributed by atoms with E-state index < -0.39 is 5.54 Å². The summed E-state index contributed by atoms with van der Waals surface area (Å²) in [5.41, 5.74) is 7.05. The molecular formula is C17H22N4O2. The predicted molar refractivity (Wildman–Crippen MR) is 90.0 cm³/mol. The van der Waals surface area contributed by atoms with Crippen LogP contribution in [0.1, 0.15) is 25.7 Å². The normalized spacial score (nSPS) is 16.4. The van der Waals surface area contributed by atoms with Gasteiger partial charge in [0.15, 0.2) is 0 Å². The van der Waals surface area contributed by atoms with E-state index in [-0.39, 0.29) is 18.4 Å². The maximum atomic E-state index is 12.4. The highest BCUT2D eigenvalue weighted by molar-refractivity contribution is 5.99. The highest BCUT2D eigenvalue weighted by Gasteiger charge is 2.36. The summed E-state index contributed by atoms with van der Waals surface area (Å²) in [6.45, 7) is 0.248. The lowest BCUT2D eigenvalue weighted by molar-refractivity contribution is -0.121. The van der Waals surface area contributed by atoms with Crippen LogP contribution in [-0.4, -0.2) is 29.0 Å². The number of fused-ring (bicyclic) bond motifs is 1. The summed E-state index contributed by atoms with van der Waals surface area (Å²) in [4.78, 5) is 24.0. The minimum absolute atomic E-state index is 0.0659. The fourth-order valence-corrected chi connectivity index (χ4v) is 3.12. The molecule has 0 atom stereocenters. The highest BCUT2D eigenvalue weighted by atomic mass is 16.2. The average Bonchev–Trinajstić information content (AvgIpc) is 3.15. The fraction of sp³-hybridized carbons (Fsp3) is 0.412. The molecule has 23 heavy (non-hydrogen) atoms. The number of hydrogen-bond acceptors (Lipinski definition) is 3. The van der Waals surface area contributed by atoms with E-state index >= 15 is 0 Å². The molecule has 122 valence electrons. The van der Waals surface area contributed by atoms with Gasteiger partial charge in [-0.2, -0.15) is 0 Å². The molecule has 1 saturated carbocycles. The number of likely N-dealkylation sites (N-methyl/N-ethyl adjacent to an activating group) is 1. The Morgan fingerprint density at radius 3 is 2.70 bits per heavy atom. The van der Waals surface area contributed by atoms with Crippen molar-refractivity contribution < 1.29 is 9.59 Å². The summed E-state index contributed by atoms with van der Waals surface area (Å²) in [7, 11) is 1.61. The molecule has 1 aliphatic carbocycles. The molecule has 2 amide bonds. The Hall–Kier alpha value is -2.34. The molecule has 0 saturated heterocycles. The van der Waals surface area contributed by atoms with Gasteiger partial charge in [-0.05, 0) is 36.4 Å². The van der Waals surface area contributed by atoms with Gasteiger partial charge in [0.1, 0.15) is 6.54 Å². The number of carbonyl (C=O) groups excluding carboxylic acids is 2. The second kappa shape index (κ2) is 6.04. The van der Waals surface area contributed by atoms with E-state index in [1.54, 1.807) is 7.05 Å². The zero-order valence-corrected chi connectivity index (χ0v) is 13.3. The van der Waals surface area contributed by atoms with Gasteiger partial charge >= 0.3 is 0 Å². The second-order valence-electron chi connectivity index (χ2n) is 6.21. The first-order valence-electron chi connectivity index (χ1n) is 7.92. The molecule has 0 bridgehead atoms. The SMILES string of the molecule is CNC(=O)Cn1ccc2ccc(NC(=O)C3(N)CCCC3)cc21. The molecule has 4 N–H and O–H groups in total. The van der Waals surface area contributed by atoms with Gasteiger partial charge in [-0.25, -0.2) is 0 Å². The Labute approximate surface area is 135 Å². The first kappa shape index (κ1) is 15.6. The van der Waals surface area contributed by atoms with Gasteiger partial charge in [0.25, 0.3) is 0 Å². The standard InChI is InChI=1S/C17H22N4O2/c1-19-15(22)11-21-9-6-12-4-5-13(10-14(12)21)20-16(23)17(18)7-2-3-8-17/h4-6,9-10H,2-3,7-8,11,18H2,1H3,(H,19,22)(H,20,23). The third-order valence-corrected chi connectivity index (χ3v) is 4.57. The van der Waals surface area contributed by atoms with Crippen molar-refractivity contribution in [3.63, 3.8) is 0 Å². The summed E-state index contributed by atoms with van der Waals surface area (Å²) in [6.07, 6.45) is 5.32. The third-order valence-electron chi connectivity index (χ3n) is 4.57. The van der Waals surface area contributed by atoms with Crippen molar-refractivity contribution in [1.82, 2.24) is 9.88 Å². The van der Waals surface area contributed by atoms with E-state index in [1.807, 2.05) is 35.0 Å². The van der Waals surface area contributed by atoms with Crippen molar-refractivity contribution in [2.24, 2.45) is 5.73 Å². The molecule has 0 unspecified atom stereocenters. The van der Waals surface area contributed by atoms with Crippen LogP contribution in [0.4, 0.5) is 5.69 Å². The zero-order valence-electron chi connectivity index (χ0n) is 13.3. The van der Waals surface area contributed by atoms with Gasteiger partial charge < -0.3 is 20.9 Å². The highest BCUT2D eigenvalue weighted by Crippen LogP contribution is 2.29. The van der Waals surface area contributed by atoms with E-state index in [1.165, 1.54) is 0 Å². The van der Waals surface area contributed by atoms with Crippen LogP contribution < -0.4 is 16.4 Å². The second-order valence-corrected chi connectivity index (χ2v) is 6.21. The Morgan fingerprint density at radius 1 is 1.26 bits per heavy atom. The predicted octanol–water partition coefficient (Wildman–Crippen LogP) is 1.60. The molecule has 1 aromatic carbocycles. The molecule has 6 heteroatoms. The van der Waals surface area contributed by atoms with Crippen LogP contribution in [0.25, 0.3) is 10.9 Å². The number of benzene rings is 1. The lowest BCUT2D eigenvalue weighted by atomic mass is 9.98. The summed E-state index contributed by atoms with van der Waals surface area (Å²) in [6, 6.07) is 7.63. The average molecular weight is 314 g/mol. The fourth-order valence-electron chi connectivity index (χ4n) is 3.12. The first-order chi connectivity index (χ1) is 11.0. The van der Waals surface area contributed by atoms with Gasteiger partial charge in [0.2, 0.25) is 11.8 Å². The lowest BCUT2D eigenvalue weighted by Crippen LogP contribution is -2.48. The van der Waals surface area contributed by atoms with Crippen molar-refractivity contribution in [3.05, 3.63) is 30.5 Å². The Balaban J connectivity index is 1.83. The number of nitrogens with two attached hydrogens (primary N) is 1. The van der Waals surface area contributed by atoms with Crippen LogP contribution in [0, 0.1) is 0 Å². The molecule has 1 aromatic heterocycles. The Bertz CT molecular complexity index is 744. The van der Waals surface area contributed by atoms with Gasteiger partial charge in [-0.15, -0.1) is 0 Å². The van der Waals surface area contributed by atoms with Crippen LogP contribution in [0.3, 0.4) is 0 Å². The Morgan fingerprint density at radius 2 is 2.00 bits per heavy atom. The molecule has 0 radical (unpaired) electrons. The molecule has 1 aliphatic rings. The maximum Gasteiger partial charge on any atom is 0.244 e. The maximum absolute atomic E-state index is 12.4. The third kappa shape index (κ3) is 3.07. The number of aromatic nitrogens is 1. The minimum atomic E-state index is -0.751. The monoisotopic (exact) mass is 314 g/mol. The van der Waals surface area contributed by atoms with Gasteiger partial charge in [-0.3, -0.25) is 9.59 Å². The molecule has 2 aromatic rings. The largest absolute Gasteiger partial charge is 0.358 e. The lowest BCUT2D eigenvalue weighted by Gasteiger charge is -2.22. The smallest absolute Gasteiger partial charge is 0.244 e. The van der Waals surface area contributed by atoms with E-state index in [0.29, 0.717) is 5.69 Å². The van der Waals surface area contributed by atoms with E-state index in [4.69, 9.17) is 5.73 Å². The van der Waals surface area contributed by atoms with E-state index in [9.17, 15) is 9.59 Å². The molecule has 0 spiro atoms. The van der Waals surface area contributed by atoms with E-state index in [0.717, 1.165) is 36.6 Å². The van der Waals surface area contributed by atoms with Crippen molar-refractivity contribution in [2.45, 2.75) is 37.8 Å². The summed E-state index contributed by atoms with van der Waals surface area (Å²) < 4.78 is 1.86. The number of carbonyl (C=O) groups is 2. The minimum Gasteiger partial charge on any atom is -0.358 e.